The molecule has 2 spiro atoms. The summed E-state index contributed by atoms with van der Waals surface area (Å²) in [4.78, 5) is 83.2. The Balaban J connectivity index is 0.000000174. The number of carbonyl (C=O) groups excluding carboxylic acids is 5. The monoisotopic (exact) mass is 1230 g/mol. The predicted molar refractivity (Wildman–Crippen MR) is 316 cm³/mol. The molecule has 0 fully saturated rings. The number of nitrogens with one attached hydrogen (secondary N) is 4. The van der Waals surface area contributed by atoms with Gasteiger partial charge in [0, 0.05) is 46.0 Å². The molecule has 7 N–H and O–H groups in total. The summed E-state index contributed by atoms with van der Waals surface area (Å²) in [6.45, 7) is 11.1. The van der Waals surface area contributed by atoms with Crippen molar-refractivity contribution >= 4 is 40.9 Å². The topological polar surface area (TPSA) is 321 Å². The molecule has 468 valence electrons. The number of nitrogens with zero attached hydrogens (tertiary/aromatic N) is 4. The number of aliphatic hydroxyl groups is 1. The molecule has 25 heteroatoms. The van der Waals surface area contributed by atoms with Gasteiger partial charge in [0.15, 0.2) is 52.5 Å². The number of Topliss-reactive ketones (excluding diaryl/α,β-unsaturated/α-hetero) is 1. The van der Waals surface area contributed by atoms with E-state index < -0.39 is 88.7 Å². The highest BCUT2D eigenvalue weighted by Crippen LogP contribution is 2.61. The van der Waals surface area contributed by atoms with Crippen molar-refractivity contribution in [3.63, 3.8) is 0 Å². The highest BCUT2D eigenvalue weighted by Gasteiger charge is 2.63. The molecule has 90 heavy (non-hydrogen) atoms. The number of oxazole rings is 4. The van der Waals surface area contributed by atoms with Crippen LogP contribution in [0.15, 0.2) is 103 Å². The van der Waals surface area contributed by atoms with Crippen LogP contribution in [0, 0.1) is 35.3 Å². The zero-order valence-corrected chi connectivity index (χ0v) is 49.4. The van der Waals surface area contributed by atoms with Gasteiger partial charge in [0.1, 0.15) is 64.7 Å². The molecule has 14 rings (SSSR count). The summed E-state index contributed by atoms with van der Waals surface area (Å²) >= 11 is 0. The summed E-state index contributed by atoms with van der Waals surface area (Å²) in [5, 5.41) is 23.3. The van der Waals surface area contributed by atoms with Crippen molar-refractivity contribution in [1.82, 2.24) is 30.6 Å². The van der Waals surface area contributed by atoms with Gasteiger partial charge in [-0.1, -0.05) is 73.2 Å². The molecule has 9 atom stereocenters. The molecule has 4 aromatic carbocycles. The van der Waals surface area contributed by atoms with Gasteiger partial charge in [-0.25, -0.2) is 38.3 Å². The normalized spacial score (nSPS) is 23.1. The minimum Gasteiger partial charge on any atom is -0.469 e. The van der Waals surface area contributed by atoms with Crippen molar-refractivity contribution in [2.45, 2.75) is 116 Å². The number of amides is 2. The van der Waals surface area contributed by atoms with E-state index in [-0.39, 0.29) is 108 Å². The number of rotatable bonds is 10. The van der Waals surface area contributed by atoms with Crippen molar-refractivity contribution in [2.24, 2.45) is 29.4 Å². The Bertz CT molecular complexity index is 4210. The highest BCUT2D eigenvalue weighted by atomic mass is 19.1. The maximum Gasteiger partial charge on any atom is 0.360 e. The van der Waals surface area contributed by atoms with E-state index in [0.29, 0.717) is 50.7 Å². The lowest BCUT2D eigenvalue weighted by molar-refractivity contribution is -0.135. The molecule has 8 aromatic rings. The molecule has 0 aliphatic carbocycles. The average molecular weight is 1230 g/mol. The second-order valence-corrected chi connectivity index (χ2v) is 24.0. The van der Waals surface area contributed by atoms with E-state index in [4.69, 9.17) is 52.3 Å². The third-order valence-electron chi connectivity index (χ3n) is 17.3. The van der Waals surface area contributed by atoms with Crippen molar-refractivity contribution in [1.29, 1.82) is 0 Å². The number of nitrogens with two attached hydrogens (primary N) is 1. The van der Waals surface area contributed by atoms with E-state index in [1.807, 2.05) is 52.0 Å². The number of hydrogen-bond donors (Lipinski definition) is 6. The lowest BCUT2D eigenvalue weighted by atomic mass is 9.72. The number of fused-ring (bicyclic) bond motifs is 8. The minimum atomic E-state index is -1.33. The van der Waals surface area contributed by atoms with Crippen LogP contribution >= 0.6 is 0 Å². The quantitative estimate of drug-likeness (QED) is 0.0697. The maximum atomic E-state index is 15.1. The molecular formula is C65H65F2N9O14. The van der Waals surface area contributed by atoms with Gasteiger partial charge in [-0.05, 0) is 90.3 Å². The number of ketones is 1. The molecule has 4 aromatic heterocycles. The molecule has 6 aliphatic rings. The van der Waals surface area contributed by atoms with Crippen LogP contribution in [-0.2, 0) is 47.5 Å². The number of aromatic nitrogens is 4. The van der Waals surface area contributed by atoms with Gasteiger partial charge >= 0.3 is 11.9 Å². The Labute approximate surface area is 513 Å². The fourth-order valence-corrected chi connectivity index (χ4v) is 12.8. The predicted octanol–water partition coefficient (Wildman–Crippen LogP) is 8.76. The summed E-state index contributed by atoms with van der Waals surface area (Å²) in [6.07, 6.45) is -0.230. The third kappa shape index (κ3) is 9.63. The molecule has 23 nitrogen and oxygen atoms in total. The number of ether oxygens (including phenoxy) is 4. The summed E-state index contributed by atoms with van der Waals surface area (Å²) in [5.74, 6) is -3.42. The standard InChI is InChI=1S/C35H35FN4O8.C29H26FN5O6.CH4/c1-15(2)26-32-40-27(31-37-23(14-46-31)33(44)45-5)29(48-32)35-20-13-19(36)7-8-22(20)38-34(35)47-25-9-6-17(11-21(25)35)10-18(30(43)39-26)12-24(41)28(42)16(3)4;1-12(2)21-26-35-22(25-32-19(11-39-25)27(37)38-3)23(41-26)29-15-10-14(30)5-6-18(15)33-28(29)40-20-7-4-13(8-16(20)29)9-17(31)24(36)34-21;/h6-9,11,13-16,18,26,28,34,38,42H,10,12H2,1-5H3,(H,39,43);4-8,10-12,17,21,28,33H,9,31H2,1-3H3,(H,34,36);1H4/t18-,26+,28+,34-,35+;17-,21-,28+,29-;/m10./s1. The van der Waals surface area contributed by atoms with Gasteiger partial charge in [-0.15, -0.1) is 0 Å². The Morgan fingerprint density at radius 1 is 0.633 bits per heavy atom. The lowest BCUT2D eigenvalue weighted by Crippen LogP contribution is -2.45. The van der Waals surface area contributed by atoms with Gasteiger partial charge in [0.2, 0.25) is 35.4 Å². The van der Waals surface area contributed by atoms with E-state index in [9.17, 15) is 33.5 Å². The molecule has 0 radical (unpaired) electrons. The number of anilines is 2. The molecule has 0 saturated carbocycles. The van der Waals surface area contributed by atoms with E-state index in [2.05, 4.69) is 31.2 Å². The van der Waals surface area contributed by atoms with Crippen molar-refractivity contribution in [3.05, 3.63) is 165 Å². The molecule has 0 saturated heterocycles. The first-order valence-electron chi connectivity index (χ1n) is 29.0. The second-order valence-electron chi connectivity index (χ2n) is 24.0. The first kappa shape index (κ1) is 60.5. The molecule has 6 aliphatic heterocycles. The number of methoxy groups -OCH3 is 2. The smallest absolute Gasteiger partial charge is 0.360 e. The van der Waals surface area contributed by atoms with Crippen LogP contribution in [0.2, 0.25) is 0 Å². The van der Waals surface area contributed by atoms with Gasteiger partial charge in [0.05, 0.1) is 20.3 Å². The molecule has 8 bridgehead atoms. The van der Waals surface area contributed by atoms with Crippen LogP contribution in [0.3, 0.4) is 0 Å². The first-order chi connectivity index (χ1) is 42.6. The summed E-state index contributed by atoms with van der Waals surface area (Å²) in [7, 11) is 2.46. The summed E-state index contributed by atoms with van der Waals surface area (Å²) in [6, 6.07) is 17.5. The summed E-state index contributed by atoms with van der Waals surface area (Å²) in [5.41, 5.74) is 9.03. The minimum absolute atomic E-state index is 0. The number of hydrogen-bond acceptors (Lipinski definition) is 21. The van der Waals surface area contributed by atoms with Crippen LogP contribution in [0.1, 0.15) is 145 Å². The van der Waals surface area contributed by atoms with E-state index in [1.54, 1.807) is 38.1 Å². The second kappa shape index (κ2) is 22.7. The van der Waals surface area contributed by atoms with Crippen molar-refractivity contribution in [2.75, 3.05) is 24.9 Å². The number of esters is 2. The van der Waals surface area contributed by atoms with E-state index >= 15 is 4.39 Å². The molecular weight excluding hydrogens is 1170 g/mol. The summed E-state index contributed by atoms with van der Waals surface area (Å²) < 4.78 is 77.4. The van der Waals surface area contributed by atoms with Crippen molar-refractivity contribution in [3.8, 4) is 34.7 Å². The lowest BCUT2D eigenvalue weighted by Gasteiger charge is -2.28. The first-order valence-corrected chi connectivity index (χ1v) is 29.0. The van der Waals surface area contributed by atoms with Crippen LogP contribution in [-0.4, -0.2) is 93.4 Å². The Hall–Kier alpha value is -9.75. The van der Waals surface area contributed by atoms with Gasteiger partial charge in [-0.3, -0.25) is 14.4 Å². The van der Waals surface area contributed by atoms with E-state index in [1.165, 1.54) is 44.7 Å². The van der Waals surface area contributed by atoms with E-state index in [0.717, 1.165) is 11.8 Å². The Morgan fingerprint density at radius 2 is 1.09 bits per heavy atom. The Kier molecular flexibility index (Phi) is 15.3. The SMILES string of the molecule is C.COC(=O)c1coc(-c2nc3oc2[C@@]24c5cc(F)ccc5N[C@@H]2Oc2ccc(cc24)C[C@H](CC(=O)[C@@H](O)C(C)C)C(=O)N[C@H]3C(C)C)n1.COC(=O)c1coc(-c2nc3oc2[C@@]24c5cc(F)ccc5N[C@@H]2Oc2ccc(cc24)C[C@H](N)C(=O)N[C@H]3C(C)C)n1. The highest BCUT2D eigenvalue weighted by molar-refractivity contribution is 5.90. The molecule has 0 unspecified atom stereocenters. The fourth-order valence-electron chi connectivity index (χ4n) is 12.8. The third-order valence-corrected chi connectivity index (χ3v) is 17.3. The largest absolute Gasteiger partial charge is 0.469 e. The number of carbonyl (C=O) groups is 5. The van der Waals surface area contributed by atoms with Gasteiger partial charge < -0.3 is 68.7 Å². The van der Waals surface area contributed by atoms with Crippen molar-refractivity contribution < 1.29 is 74.5 Å². The number of halogens is 2. The van der Waals surface area contributed by atoms with Crippen LogP contribution in [0.4, 0.5) is 20.2 Å². The van der Waals surface area contributed by atoms with Gasteiger partial charge in [-0.2, -0.15) is 0 Å². The van der Waals surface area contributed by atoms with Crippen LogP contribution in [0.25, 0.3) is 23.2 Å². The molecule has 2 amide bonds. The number of aliphatic hydroxyl groups excluding tert-OH is 1. The number of benzene rings is 4. The maximum absolute atomic E-state index is 15.1. The van der Waals surface area contributed by atoms with Crippen LogP contribution < -0.4 is 36.5 Å². The zero-order valence-electron chi connectivity index (χ0n) is 49.4. The van der Waals surface area contributed by atoms with Gasteiger partial charge in [0.25, 0.3) is 0 Å². The Morgan fingerprint density at radius 3 is 1.53 bits per heavy atom. The average Bonchev–Trinajstić information content (AvgIpc) is 1.53. The fraction of sp³-hybridized carbons (Fsp3) is 0.369. The van der Waals surface area contributed by atoms with Crippen LogP contribution in [0.5, 0.6) is 11.5 Å². The zero-order chi connectivity index (χ0) is 62.7. The molecule has 10 heterocycles.